The lowest BCUT2D eigenvalue weighted by Gasteiger charge is -2.30. The molecular formula is C19H29ClN2O2. The van der Waals surface area contributed by atoms with Crippen LogP contribution < -0.4 is 5.32 Å². The summed E-state index contributed by atoms with van der Waals surface area (Å²) in [5.74, 6) is 0.223. The molecule has 1 N–H and O–H groups in total. The number of hydrogen-bond acceptors (Lipinski definition) is 2. The third-order valence-corrected chi connectivity index (χ3v) is 4.16. The highest BCUT2D eigenvalue weighted by Crippen LogP contribution is 2.15. The van der Waals surface area contributed by atoms with Crippen molar-refractivity contribution in [3.8, 4) is 0 Å². The number of nitrogens with zero attached hydrogens (tertiary/aromatic N) is 1. The van der Waals surface area contributed by atoms with Crippen LogP contribution in [0.3, 0.4) is 0 Å². The number of rotatable bonds is 8. The smallest absolute Gasteiger partial charge is 0.242 e. The van der Waals surface area contributed by atoms with Crippen molar-refractivity contribution in [3.63, 3.8) is 0 Å². The summed E-state index contributed by atoms with van der Waals surface area (Å²) in [6.07, 6.45) is 0.924. The standard InChI is InChI=1S/C19H29ClN2O2/c1-13(2)10-11-21-18(23)15(5)22(19(24)14(3)4)12-16-6-8-17(20)9-7-16/h6-9,13-15H,10-12H2,1-5H3,(H,21,23)/t15-/m1/s1. The molecule has 5 heteroatoms. The van der Waals surface area contributed by atoms with E-state index in [-0.39, 0.29) is 17.7 Å². The van der Waals surface area contributed by atoms with Gasteiger partial charge in [-0.3, -0.25) is 9.59 Å². The second-order valence-corrected chi connectivity index (χ2v) is 7.33. The molecule has 0 aromatic heterocycles. The maximum Gasteiger partial charge on any atom is 0.242 e. The van der Waals surface area contributed by atoms with Crippen molar-refractivity contribution in [2.24, 2.45) is 11.8 Å². The first-order chi connectivity index (χ1) is 11.2. The van der Waals surface area contributed by atoms with Crippen molar-refractivity contribution in [1.29, 1.82) is 0 Å². The Morgan fingerprint density at radius 1 is 1.08 bits per heavy atom. The van der Waals surface area contributed by atoms with E-state index in [0.717, 1.165) is 12.0 Å². The van der Waals surface area contributed by atoms with Gasteiger partial charge in [0.25, 0.3) is 0 Å². The molecule has 0 spiro atoms. The highest BCUT2D eigenvalue weighted by atomic mass is 35.5. The Morgan fingerprint density at radius 2 is 1.67 bits per heavy atom. The Morgan fingerprint density at radius 3 is 2.17 bits per heavy atom. The summed E-state index contributed by atoms with van der Waals surface area (Å²) < 4.78 is 0. The average Bonchev–Trinajstić information content (AvgIpc) is 2.52. The van der Waals surface area contributed by atoms with Gasteiger partial charge in [0.15, 0.2) is 0 Å². The molecule has 0 saturated carbocycles. The SMILES string of the molecule is CC(C)CCNC(=O)[C@@H](C)N(Cc1ccc(Cl)cc1)C(=O)C(C)C. The summed E-state index contributed by atoms with van der Waals surface area (Å²) in [4.78, 5) is 26.6. The highest BCUT2D eigenvalue weighted by Gasteiger charge is 2.27. The summed E-state index contributed by atoms with van der Waals surface area (Å²) >= 11 is 5.91. The lowest BCUT2D eigenvalue weighted by Crippen LogP contribution is -2.49. The first kappa shape index (κ1) is 20.5. The second kappa shape index (κ2) is 9.67. The van der Waals surface area contributed by atoms with E-state index >= 15 is 0 Å². The summed E-state index contributed by atoms with van der Waals surface area (Å²) in [7, 11) is 0. The maximum absolute atomic E-state index is 12.6. The number of benzene rings is 1. The van der Waals surface area contributed by atoms with E-state index in [9.17, 15) is 9.59 Å². The van der Waals surface area contributed by atoms with E-state index in [2.05, 4.69) is 19.2 Å². The van der Waals surface area contributed by atoms with Crippen molar-refractivity contribution < 1.29 is 9.59 Å². The molecule has 0 aliphatic carbocycles. The zero-order chi connectivity index (χ0) is 18.3. The molecule has 0 radical (unpaired) electrons. The molecule has 4 nitrogen and oxygen atoms in total. The van der Waals surface area contributed by atoms with Crippen molar-refractivity contribution in [2.45, 2.75) is 53.6 Å². The summed E-state index contributed by atoms with van der Waals surface area (Å²) in [5, 5.41) is 3.58. The lowest BCUT2D eigenvalue weighted by molar-refractivity contribution is -0.143. The second-order valence-electron chi connectivity index (χ2n) is 6.90. The fraction of sp³-hybridized carbons (Fsp3) is 0.579. The molecule has 1 aromatic carbocycles. The molecule has 0 heterocycles. The van der Waals surface area contributed by atoms with Crippen LogP contribution >= 0.6 is 11.6 Å². The topological polar surface area (TPSA) is 49.4 Å². The van der Waals surface area contributed by atoms with Crippen molar-refractivity contribution in [3.05, 3.63) is 34.9 Å². The first-order valence-electron chi connectivity index (χ1n) is 8.55. The van der Waals surface area contributed by atoms with Gasteiger partial charge in [-0.2, -0.15) is 0 Å². The molecule has 0 bridgehead atoms. The zero-order valence-electron chi connectivity index (χ0n) is 15.3. The Balaban J connectivity index is 2.82. The molecular weight excluding hydrogens is 324 g/mol. The normalized spacial score (nSPS) is 12.3. The molecule has 0 saturated heterocycles. The van der Waals surface area contributed by atoms with Crippen molar-refractivity contribution in [1.82, 2.24) is 10.2 Å². The van der Waals surface area contributed by atoms with Gasteiger partial charge >= 0.3 is 0 Å². The van der Waals surface area contributed by atoms with Crippen LogP contribution in [0.5, 0.6) is 0 Å². The first-order valence-corrected chi connectivity index (χ1v) is 8.92. The monoisotopic (exact) mass is 352 g/mol. The molecule has 0 fully saturated rings. The van der Waals surface area contributed by atoms with Gasteiger partial charge in [0, 0.05) is 24.0 Å². The van der Waals surface area contributed by atoms with Crippen LogP contribution in [0.1, 0.15) is 46.6 Å². The van der Waals surface area contributed by atoms with Gasteiger partial charge in [-0.05, 0) is 37.0 Å². The summed E-state index contributed by atoms with van der Waals surface area (Å²) in [5.41, 5.74) is 0.954. The highest BCUT2D eigenvalue weighted by molar-refractivity contribution is 6.30. The molecule has 0 unspecified atom stereocenters. The van der Waals surface area contributed by atoms with Gasteiger partial charge < -0.3 is 10.2 Å². The largest absolute Gasteiger partial charge is 0.354 e. The number of carbonyl (C=O) groups is 2. The summed E-state index contributed by atoms with van der Waals surface area (Å²) in [6, 6.07) is 6.84. The number of amides is 2. The minimum absolute atomic E-state index is 0.0311. The minimum atomic E-state index is -0.511. The predicted molar refractivity (Wildman–Crippen MR) is 98.8 cm³/mol. The number of nitrogens with one attached hydrogen (secondary N) is 1. The van der Waals surface area contributed by atoms with Gasteiger partial charge in [0.05, 0.1) is 0 Å². The van der Waals surface area contributed by atoms with E-state index < -0.39 is 6.04 Å². The lowest BCUT2D eigenvalue weighted by atomic mass is 10.1. The fourth-order valence-corrected chi connectivity index (χ4v) is 2.42. The van der Waals surface area contributed by atoms with Crippen LogP contribution in [0, 0.1) is 11.8 Å². The van der Waals surface area contributed by atoms with Gasteiger partial charge in [0.2, 0.25) is 11.8 Å². The summed E-state index contributed by atoms with van der Waals surface area (Å²) in [6.45, 7) is 10.7. The number of halogens is 1. The predicted octanol–water partition coefficient (Wildman–Crippen LogP) is 3.88. The van der Waals surface area contributed by atoms with Crippen LogP contribution in [0.15, 0.2) is 24.3 Å². The Bertz CT molecular complexity index is 541. The van der Waals surface area contributed by atoms with Crippen molar-refractivity contribution in [2.75, 3.05) is 6.54 Å². The van der Waals surface area contributed by atoms with Crippen LogP contribution in [-0.2, 0) is 16.1 Å². The quantitative estimate of drug-likeness (QED) is 0.772. The van der Waals surface area contributed by atoms with Crippen molar-refractivity contribution >= 4 is 23.4 Å². The molecule has 0 aliphatic heterocycles. The molecule has 1 rings (SSSR count). The Hall–Kier alpha value is -1.55. The number of carbonyl (C=O) groups excluding carboxylic acids is 2. The van der Waals surface area contributed by atoms with Gasteiger partial charge in [-0.15, -0.1) is 0 Å². The fourth-order valence-electron chi connectivity index (χ4n) is 2.30. The Kier molecular flexibility index (Phi) is 8.26. The van der Waals surface area contributed by atoms with Gasteiger partial charge in [-0.25, -0.2) is 0 Å². The van der Waals surface area contributed by atoms with E-state index in [4.69, 9.17) is 11.6 Å². The Labute approximate surface area is 150 Å². The van der Waals surface area contributed by atoms with E-state index in [1.54, 1.807) is 24.0 Å². The van der Waals surface area contributed by atoms with Crippen LogP contribution in [0.2, 0.25) is 5.02 Å². The number of hydrogen-bond donors (Lipinski definition) is 1. The molecule has 0 aliphatic rings. The van der Waals surface area contributed by atoms with Crippen LogP contribution in [-0.4, -0.2) is 29.3 Å². The molecule has 1 aromatic rings. The molecule has 1 atom stereocenters. The third-order valence-electron chi connectivity index (χ3n) is 3.91. The molecule has 24 heavy (non-hydrogen) atoms. The third kappa shape index (κ3) is 6.52. The maximum atomic E-state index is 12.6. The van der Waals surface area contributed by atoms with E-state index in [1.807, 2.05) is 26.0 Å². The van der Waals surface area contributed by atoms with E-state index in [1.165, 1.54) is 0 Å². The molecule has 2 amide bonds. The van der Waals surface area contributed by atoms with Crippen LogP contribution in [0.25, 0.3) is 0 Å². The average molecular weight is 353 g/mol. The molecule has 134 valence electrons. The van der Waals surface area contributed by atoms with Gasteiger partial charge in [-0.1, -0.05) is 51.4 Å². The minimum Gasteiger partial charge on any atom is -0.354 e. The van der Waals surface area contributed by atoms with E-state index in [0.29, 0.717) is 24.0 Å². The van der Waals surface area contributed by atoms with Gasteiger partial charge in [0.1, 0.15) is 6.04 Å². The zero-order valence-corrected chi connectivity index (χ0v) is 16.1. The van der Waals surface area contributed by atoms with Crippen LogP contribution in [0.4, 0.5) is 0 Å².